The van der Waals surface area contributed by atoms with Gasteiger partial charge in [-0.15, -0.1) is 10.2 Å². The van der Waals surface area contributed by atoms with Crippen LogP contribution in [0.4, 0.5) is 5.69 Å². The second-order valence-electron chi connectivity index (χ2n) is 7.51. The lowest BCUT2D eigenvalue weighted by Gasteiger charge is -2.11. The number of rotatable bonds is 5. The first-order valence-corrected chi connectivity index (χ1v) is 10.5. The number of amides is 1. The number of aromatic hydroxyl groups is 1. The Morgan fingerprint density at radius 2 is 1.65 bits per heavy atom. The maximum atomic E-state index is 13.2. The van der Waals surface area contributed by atoms with Gasteiger partial charge in [-0.1, -0.05) is 36.4 Å². The van der Waals surface area contributed by atoms with E-state index in [0.717, 1.165) is 5.56 Å². The second kappa shape index (κ2) is 8.67. The van der Waals surface area contributed by atoms with Crippen LogP contribution < -0.4 is 9.47 Å². The predicted molar refractivity (Wildman–Crippen MR) is 129 cm³/mol. The number of pyridine rings is 1. The van der Waals surface area contributed by atoms with E-state index in [-0.39, 0.29) is 11.6 Å². The normalized spacial score (nSPS) is 11.4. The minimum Gasteiger partial charge on any atom is -0.493 e. The SMILES string of the molecule is COc1ccc(-c2cc(C(=O)N=Nc3c(O)[nH]c4ccccc34)c3ccccc3n2)cc1OC. The number of H-pyrrole nitrogens is 1. The molecular weight excluding hydrogens is 432 g/mol. The molecule has 8 heteroatoms. The van der Waals surface area contributed by atoms with Crippen molar-refractivity contribution in [2.24, 2.45) is 10.2 Å². The number of carbonyl (C=O) groups excluding carboxylic acids is 1. The van der Waals surface area contributed by atoms with Crippen molar-refractivity contribution in [1.29, 1.82) is 0 Å². The van der Waals surface area contributed by atoms with Crippen LogP contribution in [0.25, 0.3) is 33.1 Å². The molecule has 3 aromatic carbocycles. The Labute approximate surface area is 194 Å². The molecule has 0 aliphatic carbocycles. The highest BCUT2D eigenvalue weighted by Gasteiger charge is 2.16. The number of nitrogens with zero attached hydrogens (tertiary/aromatic N) is 3. The van der Waals surface area contributed by atoms with Crippen LogP contribution >= 0.6 is 0 Å². The van der Waals surface area contributed by atoms with Gasteiger partial charge in [0.05, 0.1) is 36.5 Å². The molecule has 0 bridgehead atoms. The summed E-state index contributed by atoms with van der Waals surface area (Å²) in [5.74, 6) is 0.446. The van der Waals surface area contributed by atoms with Gasteiger partial charge in [0.25, 0.3) is 5.91 Å². The van der Waals surface area contributed by atoms with Gasteiger partial charge in [-0.25, -0.2) is 4.98 Å². The molecular formula is C26H20N4O4. The third kappa shape index (κ3) is 3.71. The van der Waals surface area contributed by atoms with Crippen LogP contribution in [0.1, 0.15) is 10.4 Å². The largest absolute Gasteiger partial charge is 0.493 e. The number of fused-ring (bicyclic) bond motifs is 2. The Bertz CT molecular complexity index is 1570. The molecule has 1 amide bonds. The van der Waals surface area contributed by atoms with Crippen LogP contribution in [0.3, 0.4) is 0 Å². The fraction of sp³-hybridized carbons (Fsp3) is 0.0769. The standard InChI is InChI=1S/C26H20N4O4/c1-33-22-12-11-15(13-23(22)34-2)21-14-18(16-7-3-5-9-19(16)27-21)25(31)30-29-24-17-8-4-6-10-20(17)28-26(24)32/h3-14,28,32H,1-2H3. The van der Waals surface area contributed by atoms with Crippen molar-refractivity contribution in [2.75, 3.05) is 14.2 Å². The topological polar surface area (TPSA) is 109 Å². The highest BCUT2D eigenvalue weighted by atomic mass is 16.5. The molecule has 168 valence electrons. The molecule has 0 saturated carbocycles. The molecule has 0 saturated heterocycles. The molecule has 2 aromatic heterocycles. The van der Waals surface area contributed by atoms with Crippen LogP contribution in [-0.4, -0.2) is 35.2 Å². The summed E-state index contributed by atoms with van der Waals surface area (Å²) in [5.41, 5.74) is 3.23. The van der Waals surface area contributed by atoms with E-state index in [9.17, 15) is 9.90 Å². The van der Waals surface area contributed by atoms with Gasteiger partial charge in [0, 0.05) is 16.3 Å². The van der Waals surface area contributed by atoms with Crippen molar-refractivity contribution in [3.8, 4) is 28.6 Å². The molecule has 0 atom stereocenters. The molecule has 0 fully saturated rings. The number of azo groups is 1. The molecule has 0 unspecified atom stereocenters. The van der Waals surface area contributed by atoms with E-state index in [4.69, 9.17) is 14.5 Å². The van der Waals surface area contributed by atoms with Gasteiger partial charge in [0.2, 0.25) is 5.88 Å². The summed E-state index contributed by atoms with van der Waals surface area (Å²) >= 11 is 0. The molecule has 5 rings (SSSR count). The van der Waals surface area contributed by atoms with Crippen molar-refractivity contribution in [3.05, 3.63) is 78.4 Å². The molecule has 2 heterocycles. The van der Waals surface area contributed by atoms with E-state index in [0.29, 0.717) is 44.6 Å². The van der Waals surface area contributed by atoms with Crippen LogP contribution in [0.15, 0.2) is 83.0 Å². The maximum Gasteiger partial charge on any atom is 0.296 e. The van der Waals surface area contributed by atoms with Crippen molar-refractivity contribution >= 4 is 33.4 Å². The van der Waals surface area contributed by atoms with Gasteiger partial charge < -0.3 is 19.6 Å². The van der Waals surface area contributed by atoms with Crippen molar-refractivity contribution < 1.29 is 19.4 Å². The zero-order valence-corrected chi connectivity index (χ0v) is 18.4. The monoisotopic (exact) mass is 452 g/mol. The first kappa shape index (κ1) is 21.1. The zero-order chi connectivity index (χ0) is 23.7. The summed E-state index contributed by atoms with van der Waals surface area (Å²) in [5, 5.41) is 19.5. The smallest absolute Gasteiger partial charge is 0.296 e. The maximum absolute atomic E-state index is 13.2. The van der Waals surface area contributed by atoms with E-state index in [1.165, 1.54) is 0 Å². The number of hydrogen-bond acceptors (Lipinski definition) is 6. The summed E-state index contributed by atoms with van der Waals surface area (Å²) in [4.78, 5) is 20.7. The number of benzene rings is 3. The zero-order valence-electron chi connectivity index (χ0n) is 18.4. The number of aromatic amines is 1. The Hall–Kier alpha value is -4.72. The third-order valence-electron chi connectivity index (χ3n) is 5.53. The van der Waals surface area contributed by atoms with Crippen molar-refractivity contribution in [2.45, 2.75) is 0 Å². The van der Waals surface area contributed by atoms with Gasteiger partial charge in [-0.3, -0.25) is 4.79 Å². The molecule has 8 nitrogen and oxygen atoms in total. The van der Waals surface area contributed by atoms with E-state index < -0.39 is 5.91 Å². The summed E-state index contributed by atoms with van der Waals surface area (Å²) in [6.45, 7) is 0. The number of hydrogen-bond donors (Lipinski definition) is 2. The van der Waals surface area contributed by atoms with Crippen LogP contribution in [0, 0.1) is 0 Å². The average molecular weight is 452 g/mol. The highest BCUT2D eigenvalue weighted by Crippen LogP contribution is 2.36. The molecule has 34 heavy (non-hydrogen) atoms. The Morgan fingerprint density at radius 1 is 0.912 bits per heavy atom. The van der Waals surface area contributed by atoms with E-state index >= 15 is 0 Å². The molecule has 0 spiro atoms. The first-order valence-electron chi connectivity index (χ1n) is 10.5. The lowest BCUT2D eigenvalue weighted by molar-refractivity contribution is 0.0996. The van der Waals surface area contributed by atoms with Crippen LogP contribution in [0.5, 0.6) is 17.4 Å². The first-order chi connectivity index (χ1) is 16.6. The number of aromatic nitrogens is 2. The lowest BCUT2D eigenvalue weighted by atomic mass is 10.0. The minimum atomic E-state index is -0.551. The number of ether oxygens (including phenoxy) is 2. The lowest BCUT2D eigenvalue weighted by Crippen LogP contribution is -1.99. The van der Waals surface area contributed by atoms with E-state index in [2.05, 4.69) is 15.2 Å². The second-order valence-corrected chi connectivity index (χ2v) is 7.51. The van der Waals surface area contributed by atoms with E-state index in [1.807, 2.05) is 48.5 Å². The number of carbonyl (C=O) groups is 1. The Morgan fingerprint density at radius 3 is 2.44 bits per heavy atom. The fourth-order valence-electron chi connectivity index (χ4n) is 3.86. The predicted octanol–water partition coefficient (Wildman–Crippen LogP) is 6.03. The van der Waals surface area contributed by atoms with Crippen molar-refractivity contribution in [1.82, 2.24) is 9.97 Å². The summed E-state index contributed by atoms with van der Waals surface area (Å²) < 4.78 is 10.7. The average Bonchev–Trinajstić information content (AvgIpc) is 3.20. The quantitative estimate of drug-likeness (QED) is 0.317. The van der Waals surface area contributed by atoms with E-state index in [1.54, 1.807) is 38.5 Å². The van der Waals surface area contributed by atoms with Crippen molar-refractivity contribution in [3.63, 3.8) is 0 Å². The molecule has 5 aromatic rings. The molecule has 0 aliphatic rings. The van der Waals surface area contributed by atoms with Gasteiger partial charge >= 0.3 is 0 Å². The summed E-state index contributed by atoms with van der Waals surface area (Å²) in [6, 6.07) is 21.7. The summed E-state index contributed by atoms with van der Waals surface area (Å²) in [6.07, 6.45) is 0. The van der Waals surface area contributed by atoms with Gasteiger partial charge in [0.15, 0.2) is 17.2 Å². The minimum absolute atomic E-state index is 0.150. The summed E-state index contributed by atoms with van der Waals surface area (Å²) in [7, 11) is 3.13. The van der Waals surface area contributed by atoms with Gasteiger partial charge in [-0.2, -0.15) is 0 Å². The third-order valence-corrected chi connectivity index (χ3v) is 5.53. The Kier molecular flexibility index (Phi) is 5.39. The van der Waals surface area contributed by atoms with Gasteiger partial charge in [-0.05, 0) is 36.4 Å². The van der Waals surface area contributed by atoms with Crippen LogP contribution in [0.2, 0.25) is 0 Å². The Balaban J connectivity index is 1.60. The molecule has 0 aliphatic heterocycles. The van der Waals surface area contributed by atoms with Gasteiger partial charge in [0.1, 0.15) is 0 Å². The fourth-order valence-corrected chi connectivity index (χ4v) is 3.86. The highest BCUT2D eigenvalue weighted by molar-refractivity contribution is 6.07. The molecule has 0 radical (unpaired) electrons. The number of para-hydroxylation sites is 2. The molecule has 2 N–H and O–H groups in total. The number of methoxy groups -OCH3 is 2. The van der Waals surface area contributed by atoms with Crippen LogP contribution in [-0.2, 0) is 0 Å². The number of nitrogens with one attached hydrogen (secondary N) is 1.